The van der Waals surface area contributed by atoms with Crippen LogP contribution in [0.1, 0.15) is 67.9 Å². The average molecular weight is 356 g/mol. The van der Waals surface area contributed by atoms with Crippen LogP contribution in [0, 0.1) is 13.8 Å². The number of imide groups is 1. The monoisotopic (exact) mass is 356 g/mol. The van der Waals surface area contributed by atoms with E-state index in [0.717, 1.165) is 18.4 Å². The van der Waals surface area contributed by atoms with Crippen LogP contribution in [-0.2, 0) is 11.3 Å². The molecular formula is C19H20N2O5. The summed E-state index contributed by atoms with van der Waals surface area (Å²) < 4.78 is 10.3. The number of aromatic nitrogens is 1. The lowest BCUT2D eigenvalue weighted by molar-refractivity contribution is 0.0470. The van der Waals surface area contributed by atoms with Crippen molar-refractivity contribution in [3.63, 3.8) is 0 Å². The molecule has 0 aliphatic carbocycles. The van der Waals surface area contributed by atoms with Crippen LogP contribution in [-0.4, -0.2) is 34.4 Å². The number of amides is 2. The third-order valence-corrected chi connectivity index (χ3v) is 4.47. The second-order valence-electron chi connectivity index (χ2n) is 6.25. The van der Waals surface area contributed by atoms with Crippen molar-refractivity contribution in [2.24, 2.45) is 0 Å². The number of fused-ring (bicyclic) bond motifs is 1. The Balaban J connectivity index is 1.75. The van der Waals surface area contributed by atoms with Crippen LogP contribution >= 0.6 is 0 Å². The lowest BCUT2D eigenvalue weighted by atomic mass is 10.1. The van der Waals surface area contributed by atoms with E-state index in [2.05, 4.69) is 5.16 Å². The first-order valence-electron chi connectivity index (χ1n) is 8.53. The minimum Gasteiger partial charge on any atom is -0.457 e. The molecular weight excluding hydrogens is 336 g/mol. The lowest BCUT2D eigenvalue weighted by Gasteiger charge is -2.12. The maximum Gasteiger partial charge on any atom is 0.338 e. The van der Waals surface area contributed by atoms with Gasteiger partial charge in [-0.05, 0) is 38.5 Å². The number of unbranched alkanes of at least 4 members (excludes halogenated alkanes) is 1. The highest BCUT2D eigenvalue weighted by Gasteiger charge is 2.35. The zero-order chi connectivity index (χ0) is 18.8. The summed E-state index contributed by atoms with van der Waals surface area (Å²) in [6.07, 6.45) is 1.63. The summed E-state index contributed by atoms with van der Waals surface area (Å²) in [6, 6.07) is 4.44. The van der Waals surface area contributed by atoms with Gasteiger partial charge in [0, 0.05) is 6.54 Å². The number of aryl methyl sites for hydroxylation is 2. The molecule has 0 unspecified atom stereocenters. The van der Waals surface area contributed by atoms with Gasteiger partial charge in [0.25, 0.3) is 11.8 Å². The summed E-state index contributed by atoms with van der Waals surface area (Å²) in [6.45, 7) is 5.92. The van der Waals surface area contributed by atoms with Crippen molar-refractivity contribution in [3.05, 3.63) is 51.9 Å². The largest absolute Gasteiger partial charge is 0.457 e. The Labute approximate surface area is 150 Å². The van der Waals surface area contributed by atoms with E-state index in [4.69, 9.17) is 9.26 Å². The van der Waals surface area contributed by atoms with Crippen LogP contribution in [0.4, 0.5) is 0 Å². The van der Waals surface area contributed by atoms with Crippen molar-refractivity contribution < 1.29 is 23.6 Å². The molecule has 0 saturated carbocycles. The smallest absolute Gasteiger partial charge is 0.338 e. The third kappa shape index (κ3) is 3.12. The molecule has 3 rings (SSSR count). The molecule has 2 amide bonds. The summed E-state index contributed by atoms with van der Waals surface area (Å²) in [5.74, 6) is -0.649. The van der Waals surface area contributed by atoms with Crippen molar-refractivity contribution in [1.82, 2.24) is 10.1 Å². The molecule has 0 fully saturated rings. The topological polar surface area (TPSA) is 89.7 Å². The molecule has 1 aromatic carbocycles. The molecule has 0 saturated heterocycles. The van der Waals surface area contributed by atoms with Crippen LogP contribution in [0.25, 0.3) is 0 Å². The Morgan fingerprint density at radius 2 is 1.92 bits per heavy atom. The molecule has 1 aromatic heterocycles. The summed E-state index contributed by atoms with van der Waals surface area (Å²) in [5.41, 5.74) is 2.19. The van der Waals surface area contributed by atoms with Crippen LogP contribution in [0.5, 0.6) is 0 Å². The molecule has 0 N–H and O–H groups in total. The van der Waals surface area contributed by atoms with Crippen molar-refractivity contribution in [3.8, 4) is 0 Å². The van der Waals surface area contributed by atoms with Gasteiger partial charge in [-0.25, -0.2) is 4.79 Å². The van der Waals surface area contributed by atoms with E-state index in [1.54, 1.807) is 13.8 Å². The molecule has 7 heteroatoms. The van der Waals surface area contributed by atoms with E-state index in [9.17, 15) is 14.4 Å². The maximum absolute atomic E-state index is 12.5. The van der Waals surface area contributed by atoms with Crippen molar-refractivity contribution in [2.45, 2.75) is 40.2 Å². The van der Waals surface area contributed by atoms with Gasteiger partial charge in [0.2, 0.25) is 0 Å². The second kappa shape index (κ2) is 7.11. The fraction of sp³-hybridized carbons (Fsp3) is 0.368. The first kappa shape index (κ1) is 17.8. The minimum absolute atomic E-state index is 0.0343. The highest BCUT2D eigenvalue weighted by molar-refractivity contribution is 6.21. The first-order chi connectivity index (χ1) is 12.4. The van der Waals surface area contributed by atoms with Gasteiger partial charge in [0.05, 0.1) is 27.9 Å². The number of benzene rings is 1. The molecule has 136 valence electrons. The minimum atomic E-state index is -0.569. The normalized spacial score (nSPS) is 13.3. The van der Waals surface area contributed by atoms with Gasteiger partial charge in [0.15, 0.2) is 0 Å². The fourth-order valence-electron chi connectivity index (χ4n) is 2.87. The summed E-state index contributed by atoms with van der Waals surface area (Å²) in [5, 5.41) is 3.81. The molecule has 2 aromatic rings. The van der Waals surface area contributed by atoms with Gasteiger partial charge < -0.3 is 9.26 Å². The Morgan fingerprint density at radius 3 is 2.58 bits per heavy atom. The van der Waals surface area contributed by atoms with Gasteiger partial charge in [-0.2, -0.15) is 0 Å². The fourth-order valence-corrected chi connectivity index (χ4v) is 2.87. The molecule has 1 aliphatic heterocycles. The number of rotatable bonds is 6. The zero-order valence-electron chi connectivity index (χ0n) is 15.0. The highest BCUT2D eigenvalue weighted by atomic mass is 16.5. The van der Waals surface area contributed by atoms with E-state index in [0.29, 0.717) is 23.6 Å². The number of carbonyl (C=O) groups is 3. The predicted octanol–water partition coefficient (Wildman–Crippen LogP) is 3.04. The SMILES string of the molecule is CCCCN1C(=O)c2ccc(C(=O)OCc3c(C)noc3C)cc2C1=O. The molecule has 2 heterocycles. The van der Waals surface area contributed by atoms with E-state index in [1.165, 1.54) is 23.1 Å². The van der Waals surface area contributed by atoms with Crippen LogP contribution in [0.2, 0.25) is 0 Å². The Hall–Kier alpha value is -2.96. The van der Waals surface area contributed by atoms with Crippen molar-refractivity contribution >= 4 is 17.8 Å². The van der Waals surface area contributed by atoms with E-state index < -0.39 is 5.97 Å². The Morgan fingerprint density at radius 1 is 1.19 bits per heavy atom. The van der Waals surface area contributed by atoms with Gasteiger partial charge >= 0.3 is 5.97 Å². The molecule has 26 heavy (non-hydrogen) atoms. The molecule has 0 radical (unpaired) electrons. The first-order valence-corrected chi connectivity index (χ1v) is 8.53. The molecule has 7 nitrogen and oxygen atoms in total. The van der Waals surface area contributed by atoms with E-state index in [-0.39, 0.29) is 29.5 Å². The molecule has 0 bridgehead atoms. The van der Waals surface area contributed by atoms with Gasteiger partial charge in [-0.15, -0.1) is 0 Å². The maximum atomic E-state index is 12.5. The van der Waals surface area contributed by atoms with Crippen LogP contribution < -0.4 is 0 Å². The van der Waals surface area contributed by atoms with Crippen molar-refractivity contribution in [2.75, 3.05) is 6.54 Å². The number of carbonyl (C=O) groups excluding carboxylic acids is 3. The van der Waals surface area contributed by atoms with Crippen LogP contribution in [0.15, 0.2) is 22.7 Å². The number of nitrogens with zero attached hydrogens (tertiary/aromatic N) is 2. The van der Waals surface area contributed by atoms with Gasteiger partial charge in [0.1, 0.15) is 12.4 Å². The predicted molar refractivity (Wildman–Crippen MR) is 91.8 cm³/mol. The molecule has 1 aliphatic rings. The quantitative estimate of drug-likeness (QED) is 0.584. The number of hydrogen-bond acceptors (Lipinski definition) is 6. The average Bonchev–Trinajstić information content (AvgIpc) is 3.08. The Bertz CT molecular complexity index is 865. The Kier molecular flexibility index (Phi) is 4.88. The molecule has 0 spiro atoms. The number of ether oxygens (including phenoxy) is 1. The number of hydrogen-bond donors (Lipinski definition) is 0. The summed E-state index contributed by atoms with van der Waals surface area (Å²) >= 11 is 0. The number of esters is 1. The van der Waals surface area contributed by atoms with Gasteiger partial charge in [-0.1, -0.05) is 18.5 Å². The van der Waals surface area contributed by atoms with Crippen molar-refractivity contribution in [1.29, 1.82) is 0 Å². The second-order valence-corrected chi connectivity index (χ2v) is 6.25. The van der Waals surface area contributed by atoms with Crippen LogP contribution in [0.3, 0.4) is 0 Å². The molecule has 0 atom stereocenters. The third-order valence-electron chi connectivity index (χ3n) is 4.47. The highest BCUT2D eigenvalue weighted by Crippen LogP contribution is 2.25. The summed E-state index contributed by atoms with van der Waals surface area (Å²) in [4.78, 5) is 38.3. The van der Waals surface area contributed by atoms with E-state index in [1.807, 2.05) is 6.92 Å². The lowest BCUT2D eigenvalue weighted by Crippen LogP contribution is -2.30. The standard InChI is InChI=1S/C19H20N2O5/c1-4-5-8-21-17(22)14-7-6-13(9-15(14)18(21)23)19(24)25-10-16-11(2)20-26-12(16)3/h6-7,9H,4-5,8,10H2,1-3H3. The zero-order valence-corrected chi connectivity index (χ0v) is 15.0. The summed E-state index contributed by atoms with van der Waals surface area (Å²) in [7, 11) is 0. The van der Waals surface area contributed by atoms with E-state index >= 15 is 0 Å². The van der Waals surface area contributed by atoms with Gasteiger partial charge in [-0.3, -0.25) is 14.5 Å².